The van der Waals surface area contributed by atoms with Gasteiger partial charge < -0.3 is 20.0 Å². The van der Waals surface area contributed by atoms with E-state index in [0.717, 1.165) is 36.8 Å². The zero-order valence-electron chi connectivity index (χ0n) is 17.6. The predicted molar refractivity (Wildman–Crippen MR) is 130 cm³/mol. The number of aryl methyl sites for hydroxylation is 1. The first-order valence-electron chi connectivity index (χ1n) is 10.4. The van der Waals surface area contributed by atoms with Crippen molar-refractivity contribution < 1.29 is 4.42 Å². The van der Waals surface area contributed by atoms with E-state index in [0.29, 0.717) is 12.4 Å². The number of aromatic nitrogens is 1. The SMILES string of the molecule is CN=C(NCCCN1CCCCCC1)NCc1ncc(-c2ccc(C)cc2)o1.I. The van der Waals surface area contributed by atoms with Gasteiger partial charge in [-0.2, -0.15) is 0 Å². The number of hydrogen-bond acceptors (Lipinski definition) is 4. The van der Waals surface area contributed by atoms with Crippen LogP contribution in [0.4, 0.5) is 0 Å². The van der Waals surface area contributed by atoms with Gasteiger partial charge in [0.25, 0.3) is 0 Å². The van der Waals surface area contributed by atoms with Gasteiger partial charge in [-0.1, -0.05) is 42.7 Å². The van der Waals surface area contributed by atoms with E-state index in [9.17, 15) is 0 Å². The van der Waals surface area contributed by atoms with Gasteiger partial charge in [0.05, 0.1) is 12.7 Å². The van der Waals surface area contributed by atoms with E-state index < -0.39 is 0 Å². The molecule has 0 aliphatic carbocycles. The molecule has 29 heavy (non-hydrogen) atoms. The number of guanidine groups is 1. The third-order valence-corrected chi connectivity index (χ3v) is 5.16. The van der Waals surface area contributed by atoms with Crippen LogP contribution in [0.2, 0.25) is 0 Å². The lowest BCUT2D eigenvalue weighted by Crippen LogP contribution is -2.38. The Bertz CT molecular complexity index is 736. The fourth-order valence-corrected chi connectivity index (χ4v) is 3.49. The number of likely N-dealkylation sites (tertiary alicyclic amines) is 1. The Kier molecular flexibility index (Phi) is 10.5. The summed E-state index contributed by atoms with van der Waals surface area (Å²) < 4.78 is 5.86. The number of benzene rings is 1. The number of halogens is 1. The highest BCUT2D eigenvalue weighted by molar-refractivity contribution is 14.0. The van der Waals surface area contributed by atoms with E-state index in [1.807, 2.05) is 0 Å². The number of hydrogen-bond donors (Lipinski definition) is 2. The molecule has 1 fully saturated rings. The quantitative estimate of drug-likeness (QED) is 0.253. The molecule has 6 nitrogen and oxygen atoms in total. The van der Waals surface area contributed by atoms with E-state index in [1.54, 1.807) is 13.2 Å². The Balaban J connectivity index is 0.00000300. The fraction of sp³-hybridized carbons (Fsp3) is 0.545. The standard InChI is InChI=1S/C22H33N5O.HI/c1-18-8-10-19(11-9-18)20-16-25-21(28-20)17-26-22(23-2)24-12-7-15-27-13-5-3-4-6-14-27;/h8-11,16H,3-7,12-15,17H2,1-2H3,(H2,23,24,26);1H. The minimum atomic E-state index is 0. The summed E-state index contributed by atoms with van der Waals surface area (Å²) in [6, 6.07) is 8.26. The summed E-state index contributed by atoms with van der Waals surface area (Å²) in [6.45, 7) is 7.16. The first-order chi connectivity index (χ1) is 13.7. The number of rotatable bonds is 7. The zero-order chi connectivity index (χ0) is 19.6. The first-order valence-corrected chi connectivity index (χ1v) is 10.4. The third kappa shape index (κ3) is 7.97. The summed E-state index contributed by atoms with van der Waals surface area (Å²) in [5, 5.41) is 6.66. The molecule has 0 atom stereocenters. The molecule has 1 aliphatic rings. The smallest absolute Gasteiger partial charge is 0.214 e. The van der Waals surface area contributed by atoms with Crippen molar-refractivity contribution in [2.75, 3.05) is 33.2 Å². The van der Waals surface area contributed by atoms with Crippen LogP contribution < -0.4 is 10.6 Å². The zero-order valence-corrected chi connectivity index (χ0v) is 19.9. The van der Waals surface area contributed by atoms with Crippen molar-refractivity contribution in [1.29, 1.82) is 0 Å². The van der Waals surface area contributed by atoms with E-state index >= 15 is 0 Å². The Morgan fingerprint density at radius 3 is 2.52 bits per heavy atom. The molecule has 2 N–H and O–H groups in total. The minimum absolute atomic E-state index is 0. The van der Waals surface area contributed by atoms with Crippen molar-refractivity contribution in [2.24, 2.45) is 4.99 Å². The highest BCUT2D eigenvalue weighted by Gasteiger charge is 2.09. The van der Waals surface area contributed by atoms with Crippen LogP contribution in [0.25, 0.3) is 11.3 Å². The maximum absolute atomic E-state index is 5.86. The second-order valence-corrected chi connectivity index (χ2v) is 7.45. The molecule has 1 aliphatic heterocycles. The van der Waals surface area contributed by atoms with Gasteiger partial charge in [0.1, 0.15) is 0 Å². The molecule has 7 heteroatoms. The van der Waals surface area contributed by atoms with Crippen LogP contribution >= 0.6 is 24.0 Å². The molecule has 2 aromatic rings. The van der Waals surface area contributed by atoms with Crippen molar-refractivity contribution in [3.05, 3.63) is 41.9 Å². The van der Waals surface area contributed by atoms with Gasteiger partial charge in [0.15, 0.2) is 11.7 Å². The van der Waals surface area contributed by atoms with Crippen molar-refractivity contribution in [3.8, 4) is 11.3 Å². The van der Waals surface area contributed by atoms with E-state index in [1.165, 1.54) is 44.3 Å². The second-order valence-electron chi connectivity index (χ2n) is 7.45. The summed E-state index contributed by atoms with van der Waals surface area (Å²) in [7, 11) is 1.79. The number of nitrogens with zero attached hydrogens (tertiary/aromatic N) is 3. The molecular weight excluding hydrogens is 477 g/mol. The Morgan fingerprint density at radius 1 is 1.10 bits per heavy atom. The van der Waals surface area contributed by atoms with Crippen LogP contribution in [0.1, 0.15) is 43.6 Å². The summed E-state index contributed by atoms with van der Waals surface area (Å²) in [6.07, 6.45) is 8.36. The van der Waals surface area contributed by atoms with Gasteiger partial charge in [0, 0.05) is 19.2 Å². The molecule has 160 valence electrons. The number of nitrogens with one attached hydrogen (secondary N) is 2. The number of aliphatic imine (C=N–C) groups is 1. The fourth-order valence-electron chi connectivity index (χ4n) is 3.49. The summed E-state index contributed by atoms with van der Waals surface area (Å²) in [5.74, 6) is 2.23. The molecule has 0 bridgehead atoms. The molecule has 0 spiro atoms. The Morgan fingerprint density at radius 2 is 1.83 bits per heavy atom. The first kappa shape index (κ1) is 23.7. The monoisotopic (exact) mass is 511 g/mol. The van der Waals surface area contributed by atoms with Gasteiger partial charge in [-0.15, -0.1) is 24.0 Å². The van der Waals surface area contributed by atoms with Crippen LogP contribution in [-0.2, 0) is 6.54 Å². The van der Waals surface area contributed by atoms with E-state index in [2.05, 4.69) is 56.7 Å². The van der Waals surface area contributed by atoms with Crippen LogP contribution in [-0.4, -0.2) is 49.1 Å². The number of oxazole rings is 1. The maximum atomic E-state index is 5.86. The van der Waals surface area contributed by atoms with Crippen LogP contribution in [0, 0.1) is 6.92 Å². The molecular formula is C22H34IN5O. The highest BCUT2D eigenvalue weighted by Crippen LogP contribution is 2.20. The van der Waals surface area contributed by atoms with Crippen molar-refractivity contribution in [1.82, 2.24) is 20.5 Å². The molecule has 2 heterocycles. The van der Waals surface area contributed by atoms with Crippen molar-refractivity contribution >= 4 is 29.9 Å². The second kappa shape index (κ2) is 12.8. The largest absolute Gasteiger partial charge is 0.439 e. The van der Waals surface area contributed by atoms with E-state index in [4.69, 9.17) is 4.42 Å². The molecule has 3 rings (SSSR count). The van der Waals surface area contributed by atoms with Crippen molar-refractivity contribution in [3.63, 3.8) is 0 Å². The third-order valence-electron chi connectivity index (χ3n) is 5.16. The van der Waals surface area contributed by atoms with Gasteiger partial charge >= 0.3 is 0 Å². The summed E-state index contributed by atoms with van der Waals surface area (Å²) in [4.78, 5) is 11.2. The van der Waals surface area contributed by atoms with Gasteiger partial charge in [-0.05, 0) is 45.8 Å². The lowest BCUT2D eigenvalue weighted by atomic mass is 10.1. The Hall–Kier alpha value is -1.61. The topological polar surface area (TPSA) is 65.7 Å². The van der Waals surface area contributed by atoms with Gasteiger partial charge in [-0.3, -0.25) is 4.99 Å². The summed E-state index contributed by atoms with van der Waals surface area (Å²) in [5.41, 5.74) is 2.27. The molecule has 0 radical (unpaired) electrons. The lowest BCUT2D eigenvalue weighted by Gasteiger charge is -2.20. The average Bonchev–Trinajstić information content (AvgIpc) is 3.03. The normalized spacial score (nSPS) is 15.4. The van der Waals surface area contributed by atoms with Gasteiger partial charge in [0.2, 0.25) is 5.89 Å². The Labute approximate surface area is 191 Å². The lowest BCUT2D eigenvalue weighted by molar-refractivity contribution is 0.282. The van der Waals surface area contributed by atoms with Crippen LogP contribution in [0.15, 0.2) is 39.9 Å². The minimum Gasteiger partial charge on any atom is -0.439 e. The van der Waals surface area contributed by atoms with Crippen LogP contribution in [0.3, 0.4) is 0 Å². The van der Waals surface area contributed by atoms with E-state index in [-0.39, 0.29) is 24.0 Å². The summed E-state index contributed by atoms with van der Waals surface area (Å²) >= 11 is 0. The predicted octanol–water partition coefficient (Wildman–Crippen LogP) is 4.20. The maximum Gasteiger partial charge on any atom is 0.214 e. The average molecular weight is 511 g/mol. The molecule has 0 amide bonds. The molecule has 0 unspecified atom stereocenters. The molecule has 1 aromatic carbocycles. The molecule has 1 saturated heterocycles. The highest BCUT2D eigenvalue weighted by atomic mass is 127. The van der Waals surface area contributed by atoms with Crippen LogP contribution in [0.5, 0.6) is 0 Å². The molecule has 0 saturated carbocycles. The molecule has 1 aromatic heterocycles. The van der Waals surface area contributed by atoms with Gasteiger partial charge in [-0.25, -0.2) is 4.98 Å². The van der Waals surface area contributed by atoms with Crippen molar-refractivity contribution in [2.45, 2.75) is 45.6 Å².